The second-order valence-corrected chi connectivity index (χ2v) is 5.41. The Morgan fingerprint density at radius 1 is 1.35 bits per heavy atom. The summed E-state index contributed by atoms with van der Waals surface area (Å²) in [5.74, 6) is 0.944. The van der Waals surface area contributed by atoms with E-state index in [0.717, 1.165) is 12.1 Å². The van der Waals surface area contributed by atoms with Gasteiger partial charge in [0.05, 0.1) is 30.5 Å². The van der Waals surface area contributed by atoms with Crippen molar-refractivity contribution in [3.05, 3.63) is 40.7 Å². The normalized spacial score (nSPS) is 10.4. The van der Waals surface area contributed by atoms with Crippen LogP contribution in [0.3, 0.4) is 0 Å². The Morgan fingerprint density at radius 2 is 2.13 bits per heavy atom. The topological polar surface area (TPSA) is 65.4 Å². The number of nitrogens with zero attached hydrogens (tertiary/aromatic N) is 2. The van der Waals surface area contributed by atoms with Crippen molar-refractivity contribution in [1.29, 1.82) is 0 Å². The largest absolute Gasteiger partial charge is 0.497 e. The number of nitrogens with one attached hydrogen (secondary N) is 1. The molecule has 0 atom stereocenters. The van der Waals surface area contributed by atoms with E-state index < -0.39 is 0 Å². The third kappa shape index (κ3) is 4.39. The van der Waals surface area contributed by atoms with Crippen LogP contribution in [0.15, 0.2) is 24.4 Å². The van der Waals surface area contributed by atoms with Gasteiger partial charge in [-0.15, -0.1) is 0 Å². The van der Waals surface area contributed by atoms with Gasteiger partial charge in [0.15, 0.2) is 0 Å². The summed E-state index contributed by atoms with van der Waals surface area (Å²) in [5, 5.41) is 7.79. The minimum atomic E-state index is -0.181. The van der Waals surface area contributed by atoms with Gasteiger partial charge in [0.25, 0.3) is 5.91 Å². The van der Waals surface area contributed by atoms with Gasteiger partial charge in [-0.05, 0) is 25.5 Å². The SMILES string of the molecule is COc1ccc(C(=O)NCCCn2cc(Cl)c(C)n2)c(OC)c1. The van der Waals surface area contributed by atoms with Gasteiger partial charge in [0.2, 0.25) is 0 Å². The Labute approximate surface area is 140 Å². The number of rotatable bonds is 7. The molecule has 0 fully saturated rings. The van der Waals surface area contributed by atoms with E-state index in [-0.39, 0.29) is 5.91 Å². The number of carbonyl (C=O) groups is 1. The number of methoxy groups -OCH3 is 2. The number of amides is 1. The van der Waals surface area contributed by atoms with Crippen LogP contribution in [-0.2, 0) is 6.54 Å². The Morgan fingerprint density at radius 3 is 2.74 bits per heavy atom. The lowest BCUT2D eigenvalue weighted by molar-refractivity contribution is 0.0949. The standard InChI is InChI=1S/C16H20ClN3O3/c1-11-14(17)10-20(19-11)8-4-7-18-16(21)13-6-5-12(22-2)9-15(13)23-3/h5-6,9-10H,4,7-8H2,1-3H3,(H,18,21). The minimum absolute atomic E-state index is 0.181. The Hall–Kier alpha value is -2.21. The van der Waals surface area contributed by atoms with Crippen LogP contribution in [0.1, 0.15) is 22.5 Å². The first-order chi connectivity index (χ1) is 11.0. The van der Waals surface area contributed by atoms with E-state index in [1.807, 2.05) is 6.92 Å². The molecule has 0 aliphatic rings. The van der Waals surface area contributed by atoms with Crippen LogP contribution in [0.25, 0.3) is 0 Å². The van der Waals surface area contributed by atoms with E-state index in [4.69, 9.17) is 21.1 Å². The highest BCUT2D eigenvalue weighted by molar-refractivity contribution is 6.31. The van der Waals surface area contributed by atoms with Crippen molar-refractivity contribution in [2.24, 2.45) is 0 Å². The zero-order chi connectivity index (χ0) is 16.8. The van der Waals surface area contributed by atoms with Gasteiger partial charge in [-0.2, -0.15) is 5.10 Å². The molecule has 0 radical (unpaired) electrons. The molecule has 2 aromatic rings. The number of hydrogen-bond donors (Lipinski definition) is 1. The molecular weight excluding hydrogens is 318 g/mol. The highest BCUT2D eigenvalue weighted by Crippen LogP contribution is 2.24. The summed E-state index contributed by atoms with van der Waals surface area (Å²) < 4.78 is 12.1. The summed E-state index contributed by atoms with van der Waals surface area (Å²) in [4.78, 5) is 12.2. The van der Waals surface area contributed by atoms with Crippen molar-refractivity contribution in [1.82, 2.24) is 15.1 Å². The maximum Gasteiger partial charge on any atom is 0.255 e. The molecule has 0 unspecified atom stereocenters. The van der Waals surface area contributed by atoms with E-state index in [1.54, 1.807) is 36.2 Å². The van der Waals surface area contributed by atoms with Crippen molar-refractivity contribution < 1.29 is 14.3 Å². The first kappa shape index (κ1) is 17.1. The van der Waals surface area contributed by atoms with E-state index in [0.29, 0.717) is 35.2 Å². The molecule has 1 amide bonds. The predicted octanol–water partition coefficient (Wildman–Crippen LogP) is 2.68. The van der Waals surface area contributed by atoms with Gasteiger partial charge in [0.1, 0.15) is 11.5 Å². The quantitative estimate of drug-likeness (QED) is 0.789. The summed E-state index contributed by atoms with van der Waals surface area (Å²) in [6, 6.07) is 5.10. The molecule has 0 saturated heterocycles. The average Bonchev–Trinajstić information content (AvgIpc) is 2.88. The fraction of sp³-hybridized carbons (Fsp3) is 0.375. The van der Waals surface area contributed by atoms with Crippen LogP contribution in [0.2, 0.25) is 5.02 Å². The molecule has 0 saturated carbocycles. The average molecular weight is 338 g/mol. The molecule has 0 aliphatic carbocycles. The van der Waals surface area contributed by atoms with E-state index >= 15 is 0 Å². The molecule has 0 bridgehead atoms. The molecule has 0 aliphatic heterocycles. The summed E-state index contributed by atoms with van der Waals surface area (Å²) in [7, 11) is 3.09. The zero-order valence-corrected chi connectivity index (χ0v) is 14.2. The van der Waals surface area contributed by atoms with Gasteiger partial charge < -0.3 is 14.8 Å². The Balaban J connectivity index is 1.87. The highest BCUT2D eigenvalue weighted by atomic mass is 35.5. The highest BCUT2D eigenvalue weighted by Gasteiger charge is 2.12. The molecule has 0 spiro atoms. The first-order valence-electron chi connectivity index (χ1n) is 7.25. The molecule has 23 heavy (non-hydrogen) atoms. The van der Waals surface area contributed by atoms with Gasteiger partial charge >= 0.3 is 0 Å². The van der Waals surface area contributed by atoms with Gasteiger partial charge in [0, 0.05) is 25.4 Å². The van der Waals surface area contributed by atoms with Crippen LogP contribution in [-0.4, -0.2) is 36.5 Å². The summed E-state index contributed by atoms with van der Waals surface area (Å²) in [6.07, 6.45) is 2.53. The van der Waals surface area contributed by atoms with Crippen molar-refractivity contribution in [2.75, 3.05) is 20.8 Å². The molecule has 1 aromatic heterocycles. The lowest BCUT2D eigenvalue weighted by Gasteiger charge is -2.10. The molecule has 6 nitrogen and oxygen atoms in total. The third-order valence-corrected chi connectivity index (χ3v) is 3.76. The van der Waals surface area contributed by atoms with Crippen molar-refractivity contribution in [2.45, 2.75) is 19.9 Å². The number of ether oxygens (including phenoxy) is 2. The van der Waals surface area contributed by atoms with Gasteiger partial charge in [-0.1, -0.05) is 11.6 Å². The number of benzene rings is 1. The van der Waals surface area contributed by atoms with Gasteiger partial charge in [-0.25, -0.2) is 0 Å². The van der Waals surface area contributed by atoms with Crippen LogP contribution in [0.4, 0.5) is 0 Å². The smallest absolute Gasteiger partial charge is 0.255 e. The molecule has 2 rings (SSSR count). The van der Waals surface area contributed by atoms with E-state index in [2.05, 4.69) is 10.4 Å². The monoisotopic (exact) mass is 337 g/mol. The number of aryl methyl sites for hydroxylation is 2. The maximum atomic E-state index is 12.2. The fourth-order valence-electron chi connectivity index (χ4n) is 2.13. The summed E-state index contributed by atoms with van der Waals surface area (Å²) in [6.45, 7) is 3.08. The molecule has 1 aromatic carbocycles. The van der Waals surface area contributed by atoms with Crippen LogP contribution in [0, 0.1) is 6.92 Å². The number of aromatic nitrogens is 2. The van der Waals surface area contributed by atoms with Gasteiger partial charge in [-0.3, -0.25) is 9.48 Å². The molecule has 124 valence electrons. The first-order valence-corrected chi connectivity index (χ1v) is 7.62. The number of hydrogen-bond acceptors (Lipinski definition) is 4. The second kappa shape index (κ2) is 7.87. The van der Waals surface area contributed by atoms with Crippen LogP contribution >= 0.6 is 11.6 Å². The molecule has 1 N–H and O–H groups in total. The van der Waals surface area contributed by atoms with E-state index in [9.17, 15) is 4.79 Å². The molecule has 1 heterocycles. The number of carbonyl (C=O) groups excluding carboxylic acids is 1. The minimum Gasteiger partial charge on any atom is -0.497 e. The fourth-order valence-corrected chi connectivity index (χ4v) is 2.28. The Bertz CT molecular complexity index is 666. The maximum absolute atomic E-state index is 12.2. The lowest BCUT2D eigenvalue weighted by atomic mass is 10.1. The van der Waals surface area contributed by atoms with Crippen LogP contribution < -0.4 is 14.8 Å². The summed E-state index contributed by atoms with van der Waals surface area (Å²) in [5.41, 5.74) is 1.28. The predicted molar refractivity (Wildman–Crippen MR) is 88.5 cm³/mol. The van der Waals surface area contributed by atoms with Crippen molar-refractivity contribution >= 4 is 17.5 Å². The molecular formula is C16H20ClN3O3. The third-order valence-electron chi connectivity index (χ3n) is 3.39. The lowest BCUT2D eigenvalue weighted by Crippen LogP contribution is -2.25. The van der Waals surface area contributed by atoms with Crippen molar-refractivity contribution in [3.8, 4) is 11.5 Å². The van der Waals surface area contributed by atoms with Crippen LogP contribution in [0.5, 0.6) is 11.5 Å². The number of halogens is 1. The zero-order valence-electron chi connectivity index (χ0n) is 13.4. The second-order valence-electron chi connectivity index (χ2n) is 5.00. The van der Waals surface area contributed by atoms with E-state index in [1.165, 1.54) is 7.11 Å². The van der Waals surface area contributed by atoms with Crippen molar-refractivity contribution in [3.63, 3.8) is 0 Å². The molecule has 7 heteroatoms. The summed E-state index contributed by atoms with van der Waals surface area (Å²) >= 11 is 5.95. The Kier molecular flexibility index (Phi) is 5.87.